The SMILES string of the molecule is O=C(c1ccno1)N1CC2(CCOC[C@H]2C(=O)N2CCC3(CCOCC3)C2)C1. The highest BCUT2D eigenvalue weighted by molar-refractivity contribution is 5.92. The molecule has 1 aromatic rings. The second-order valence-corrected chi connectivity index (χ2v) is 8.90. The number of amides is 2. The van der Waals surface area contributed by atoms with E-state index in [0.717, 1.165) is 52.0 Å². The van der Waals surface area contributed by atoms with Crippen LogP contribution in [0.1, 0.15) is 36.2 Å². The van der Waals surface area contributed by atoms with Crippen LogP contribution in [0.3, 0.4) is 0 Å². The summed E-state index contributed by atoms with van der Waals surface area (Å²) in [6.07, 6.45) is 5.45. The summed E-state index contributed by atoms with van der Waals surface area (Å²) in [5, 5.41) is 3.61. The molecule has 4 saturated heterocycles. The third kappa shape index (κ3) is 2.93. The van der Waals surface area contributed by atoms with Gasteiger partial charge in [0.15, 0.2) is 0 Å². The van der Waals surface area contributed by atoms with Gasteiger partial charge in [-0.25, -0.2) is 0 Å². The van der Waals surface area contributed by atoms with Crippen molar-refractivity contribution in [3.63, 3.8) is 0 Å². The van der Waals surface area contributed by atoms with Crippen molar-refractivity contribution in [2.75, 3.05) is 52.6 Å². The molecule has 0 aromatic carbocycles. The summed E-state index contributed by atoms with van der Waals surface area (Å²) in [4.78, 5) is 29.7. The molecule has 0 bridgehead atoms. The molecule has 4 aliphatic rings. The van der Waals surface area contributed by atoms with Crippen molar-refractivity contribution in [1.82, 2.24) is 15.0 Å². The molecule has 2 amide bonds. The van der Waals surface area contributed by atoms with Crippen LogP contribution in [-0.2, 0) is 14.3 Å². The largest absolute Gasteiger partial charge is 0.381 e. The summed E-state index contributed by atoms with van der Waals surface area (Å²) in [7, 11) is 0. The molecule has 5 heterocycles. The number of nitrogens with zero attached hydrogens (tertiary/aromatic N) is 3. The van der Waals surface area contributed by atoms with Crippen LogP contribution in [-0.4, -0.2) is 79.4 Å². The van der Waals surface area contributed by atoms with Gasteiger partial charge in [-0.3, -0.25) is 9.59 Å². The predicted molar refractivity (Wildman–Crippen MR) is 97.4 cm³/mol. The lowest BCUT2D eigenvalue weighted by Crippen LogP contribution is -2.66. The maximum absolute atomic E-state index is 13.4. The number of carbonyl (C=O) groups excluding carboxylic acids is 2. The fraction of sp³-hybridized carbons (Fsp3) is 0.750. The highest BCUT2D eigenvalue weighted by Crippen LogP contribution is 2.47. The van der Waals surface area contributed by atoms with E-state index in [1.54, 1.807) is 11.0 Å². The van der Waals surface area contributed by atoms with Gasteiger partial charge in [-0.15, -0.1) is 0 Å². The van der Waals surface area contributed by atoms with Crippen molar-refractivity contribution in [3.8, 4) is 0 Å². The van der Waals surface area contributed by atoms with Crippen molar-refractivity contribution in [2.24, 2.45) is 16.7 Å². The van der Waals surface area contributed by atoms with Gasteiger partial charge in [-0.05, 0) is 31.1 Å². The van der Waals surface area contributed by atoms with E-state index >= 15 is 0 Å². The van der Waals surface area contributed by atoms with Gasteiger partial charge in [0.25, 0.3) is 5.91 Å². The van der Waals surface area contributed by atoms with Crippen molar-refractivity contribution < 1.29 is 23.6 Å². The van der Waals surface area contributed by atoms with Crippen LogP contribution in [0.25, 0.3) is 0 Å². The first kappa shape index (κ1) is 18.1. The summed E-state index contributed by atoms with van der Waals surface area (Å²) in [6.45, 7) is 5.53. The van der Waals surface area contributed by atoms with E-state index in [0.29, 0.717) is 26.3 Å². The number of likely N-dealkylation sites (tertiary alicyclic amines) is 2. The van der Waals surface area contributed by atoms with Crippen molar-refractivity contribution in [1.29, 1.82) is 0 Å². The molecular weight excluding hydrogens is 362 g/mol. The zero-order valence-electron chi connectivity index (χ0n) is 16.1. The number of carbonyl (C=O) groups is 2. The first-order valence-corrected chi connectivity index (χ1v) is 10.3. The number of hydrogen-bond acceptors (Lipinski definition) is 6. The smallest absolute Gasteiger partial charge is 0.292 e. The average Bonchev–Trinajstić information content (AvgIpc) is 3.36. The highest BCUT2D eigenvalue weighted by Gasteiger charge is 2.56. The van der Waals surface area contributed by atoms with Crippen LogP contribution < -0.4 is 0 Å². The van der Waals surface area contributed by atoms with Gasteiger partial charge >= 0.3 is 0 Å². The molecule has 5 rings (SSSR count). The number of ether oxygens (including phenoxy) is 2. The Morgan fingerprint density at radius 1 is 1.00 bits per heavy atom. The monoisotopic (exact) mass is 389 g/mol. The van der Waals surface area contributed by atoms with E-state index < -0.39 is 0 Å². The second-order valence-electron chi connectivity index (χ2n) is 8.90. The molecule has 1 atom stereocenters. The lowest BCUT2D eigenvalue weighted by molar-refractivity contribution is -0.162. The first-order chi connectivity index (χ1) is 13.6. The maximum atomic E-state index is 13.4. The molecule has 2 spiro atoms. The number of rotatable bonds is 2. The Morgan fingerprint density at radius 2 is 1.79 bits per heavy atom. The molecule has 0 radical (unpaired) electrons. The van der Waals surface area contributed by atoms with E-state index in [-0.39, 0.29) is 34.3 Å². The van der Waals surface area contributed by atoms with Crippen LogP contribution in [0.5, 0.6) is 0 Å². The minimum absolute atomic E-state index is 0.150. The van der Waals surface area contributed by atoms with Crippen LogP contribution in [0, 0.1) is 16.7 Å². The molecule has 152 valence electrons. The zero-order valence-corrected chi connectivity index (χ0v) is 16.1. The minimum atomic E-state index is -0.171. The molecule has 0 unspecified atom stereocenters. The molecule has 8 heteroatoms. The van der Waals surface area contributed by atoms with Gasteiger partial charge in [0.05, 0.1) is 18.7 Å². The van der Waals surface area contributed by atoms with Crippen LogP contribution in [0.4, 0.5) is 0 Å². The Bertz CT molecular complexity index is 737. The standard InChI is InChI=1S/C20H27N3O5/c24-17(22-7-2-19(12-22)3-8-26-9-4-19)15-11-27-10-5-20(15)13-23(14-20)18(25)16-1-6-21-28-16/h1,6,15H,2-5,7-14H2/t15-/m0/s1. The third-order valence-electron chi connectivity index (χ3n) is 7.32. The molecule has 1 aromatic heterocycles. The summed E-state index contributed by atoms with van der Waals surface area (Å²) < 4.78 is 16.2. The molecule has 0 N–H and O–H groups in total. The molecule has 0 saturated carbocycles. The number of aromatic nitrogens is 1. The van der Waals surface area contributed by atoms with E-state index in [2.05, 4.69) is 5.16 Å². The maximum Gasteiger partial charge on any atom is 0.292 e. The van der Waals surface area contributed by atoms with Crippen molar-refractivity contribution in [3.05, 3.63) is 18.0 Å². The Balaban J connectivity index is 1.26. The van der Waals surface area contributed by atoms with Gasteiger partial charge in [0.1, 0.15) is 0 Å². The Kier molecular flexibility index (Phi) is 4.43. The molecule has 4 aliphatic heterocycles. The third-order valence-corrected chi connectivity index (χ3v) is 7.32. The Labute approximate surface area is 164 Å². The van der Waals surface area contributed by atoms with Crippen LogP contribution in [0.2, 0.25) is 0 Å². The quantitative estimate of drug-likeness (QED) is 0.755. The van der Waals surface area contributed by atoms with E-state index in [9.17, 15) is 9.59 Å². The van der Waals surface area contributed by atoms with Gasteiger partial charge < -0.3 is 23.8 Å². The van der Waals surface area contributed by atoms with E-state index in [1.807, 2.05) is 4.90 Å². The first-order valence-electron chi connectivity index (χ1n) is 10.3. The lowest BCUT2D eigenvalue weighted by Gasteiger charge is -2.55. The predicted octanol–water partition coefficient (Wildman–Crippen LogP) is 1.18. The molecule has 4 fully saturated rings. The van der Waals surface area contributed by atoms with Crippen LogP contribution in [0.15, 0.2) is 16.8 Å². The minimum Gasteiger partial charge on any atom is -0.381 e. The normalized spacial score (nSPS) is 28.5. The highest BCUT2D eigenvalue weighted by atomic mass is 16.5. The summed E-state index contributed by atoms with van der Waals surface area (Å²) >= 11 is 0. The second kappa shape index (κ2) is 6.84. The van der Waals surface area contributed by atoms with Gasteiger partial charge in [-0.1, -0.05) is 5.16 Å². The fourth-order valence-corrected chi connectivity index (χ4v) is 5.43. The molecular formula is C20H27N3O5. The molecule has 0 aliphatic carbocycles. The summed E-state index contributed by atoms with van der Waals surface area (Å²) in [5.41, 5.74) is 0.0704. The fourth-order valence-electron chi connectivity index (χ4n) is 5.43. The van der Waals surface area contributed by atoms with Gasteiger partial charge in [0.2, 0.25) is 11.7 Å². The Morgan fingerprint density at radius 3 is 2.54 bits per heavy atom. The van der Waals surface area contributed by atoms with Crippen molar-refractivity contribution >= 4 is 11.8 Å². The van der Waals surface area contributed by atoms with E-state index in [1.165, 1.54) is 6.20 Å². The van der Waals surface area contributed by atoms with E-state index in [4.69, 9.17) is 14.0 Å². The molecule has 8 nitrogen and oxygen atoms in total. The zero-order chi connectivity index (χ0) is 19.2. The average molecular weight is 389 g/mol. The summed E-state index contributed by atoms with van der Waals surface area (Å²) in [5.74, 6) is 0.138. The topological polar surface area (TPSA) is 85.1 Å². The van der Waals surface area contributed by atoms with Crippen LogP contribution >= 0.6 is 0 Å². The number of hydrogen-bond donors (Lipinski definition) is 0. The summed E-state index contributed by atoms with van der Waals surface area (Å²) in [6, 6.07) is 1.58. The van der Waals surface area contributed by atoms with Gasteiger partial charge in [0, 0.05) is 57.5 Å². The Hall–Kier alpha value is -1.93. The van der Waals surface area contributed by atoms with Gasteiger partial charge in [-0.2, -0.15) is 0 Å². The lowest BCUT2D eigenvalue weighted by atomic mass is 9.65. The van der Waals surface area contributed by atoms with Crippen molar-refractivity contribution in [2.45, 2.75) is 25.7 Å². The molecule has 28 heavy (non-hydrogen) atoms.